The number of carbonyl (C=O) groups is 1. The number of piperazine rings is 1. The summed E-state index contributed by atoms with van der Waals surface area (Å²) < 4.78 is 48.9. The summed E-state index contributed by atoms with van der Waals surface area (Å²) in [7, 11) is 0. The fourth-order valence-corrected chi connectivity index (χ4v) is 4.70. The predicted molar refractivity (Wildman–Crippen MR) is 130 cm³/mol. The van der Waals surface area contributed by atoms with Crippen LogP contribution in [0.5, 0.6) is 11.5 Å². The minimum Gasteiger partial charge on any atom is -0.489 e. The molecule has 2 heterocycles. The van der Waals surface area contributed by atoms with E-state index in [0.29, 0.717) is 26.2 Å². The van der Waals surface area contributed by atoms with Crippen molar-refractivity contribution in [3.8, 4) is 11.5 Å². The molecule has 2 saturated heterocycles. The van der Waals surface area contributed by atoms with Gasteiger partial charge in [-0.05, 0) is 71.7 Å². The molecule has 0 aliphatic carbocycles. The summed E-state index contributed by atoms with van der Waals surface area (Å²) in [5.41, 5.74) is 1.11. The Labute approximate surface area is 210 Å². The third kappa shape index (κ3) is 7.49. The number of halogens is 4. The SMILES string of the molecule is O=C(Nc1ccccc1OC(F)(F)F)N1CCN(Cc2ccc(OC3CCNCC3)c(Br)c2)CC1. The molecular weight excluding hydrogens is 529 g/mol. The second-order valence-corrected chi connectivity index (χ2v) is 9.42. The molecule has 0 spiro atoms. The lowest BCUT2D eigenvalue weighted by Crippen LogP contribution is -2.49. The van der Waals surface area contributed by atoms with Gasteiger partial charge in [-0.1, -0.05) is 18.2 Å². The van der Waals surface area contributed by atoms with Gasteiger partial charge < -0.3 is 25.0 Å². The Morgan fingerprint density at radius 1 is 1.06 bits per heavy atom. The van der Waals surface area contributed by atoms with Crippen molar-refractivity contribution in [1.82, 2.24) is 15.1 Å². The van der Waals surface area contributed by atoms with E-state index in [-0.39, 0.29) is 11.8 Å². The molecule has 2 fully saturated rings. The zero-order chi connectivity index (χ0) is 24.8. The number of nitrogens with one attached hydrogen (secondary N) is 2. The van der Waals surface area contributed by atoms with Gasteiger partial charge in [-0.25, -0.2) is 4.79 Å². The van der Waals surface area contributed by atoms with Crippen LogP contribution in [0.15, 0.2) is 46.9 Å². The van der Waals surface area contributed by atoms with E-state index in [1.165, 1.54) is 24.3 Å². The highest BCUT2D eigenvalue weighted by atomic mass is 79.9. The number of hydrogen-bond donors (Lipinski definition) is 2. The van der Waals surface area contributed by atoms with Crippen LogP contribution in [0.2, 0.25) is 0 Å². The van der Waals surface area contributed by atoms with Gasteiger partial charge in [0.1, 0.15) is 11.9 Å². The summed E-state index contributed by atoms with van der Waals surface area (Å²) in [5.74, 6) is 0.405. The molecule has 0 atom stereocenters. The summed E-state index contributed by atoms with van der Waals surface area (Å²) >= 11 is 3.62. The molecule has 0 aromatic heterocycles. The van der Waals surface area contributed by atoms with Crippen molar-refractivity contribution in [1.29, 1.82) is 0 Å². The van der Waals surface area contributed by atoms with Crippen LogP contribution < -0.4 is 20.1 Å². The van der Waals surface area contributed by atoms with Crippen LogP contribution in [0.1, 0.15) is 18.4 Å². The minimum absolute atomic E-state index is 0.0195. The van der Waals surface area contributed by atoms with Crippen molar-refractivity contribution < 1.29 is 27.4 Å². The van der Waals surface area contributed by atoms with Crippen molar-refractivity contribution in [3.63, 3.8) is 0 Å². The highest BCUT2D eigenvalue weighted by Crippen LogP contribution is 2.31. The molecular formula is C24H28BrF3N4O3. The van der Waals surface area contributed by atoms with Gasteiger partial charge in [0.2, 0.25) is 0 Å². The number of para-hydroxylation sites is 2. The Morgan fingerprint density at radius 3 is 2.46 bits per heavy atom. The molecule has 0 saturated carbocycles. The largest absolute Gasteiger partial charge is 0.573 e. The van der Waals surface area contributed by atoms with Gasteiger partial charge in [0, 0.05) is 32.7 Å². The molecule has 2 N–H and O–H groups in total. The predicted octanol–water partition coefficient (Wildman–Crippen LogP) is 4.83. The van der Waals surface area contributed by atoms with E-state index < -0.39 is 18.1 Å². The molecule has 190 valence electrons. The number of amides is 2. The first-order valence-electron chi connectivity index (χ1n) is 11.6. The Morgan fingerprint density at radius 2 is 1.77 bits per heavy atom. The average molecular weight is 557 g/mol. The summed E-state index contributed by atoms with van der Waals surface area (Å²) in [6, 6.07) is 11.2. The minimum atomic E-state index is -4.83. The Balaban J connectivity index is 1.27. The second-order valence-electron chi connectivity index (χ2n) is 8.57. The molecule has 2 aliphatic heterocycles. The van der Waals surface area contributed by atoms with Crippen molar-refractivity contribution in [2.75, 3.05) is 44.6 Å². The summed E-state index contributed by atoms with van der Waals surface area (Å²) in [5, 5.41) is 5.86. The zero-order valence-corrected chi connectivity index (χ0v) is 20.7. The summed E-state index contributed by atoms with van der Waals surface area (Å²) in [6.07, 6.45) is -2.62. The number of ether oxygens (including phenoxy) is 2. The molecule has 7 nitrogen and oxygen atoms in total. The van der Waals surface area contributed by atoms with Crippen LogP contribution in [0.25, 0.3) is 0 Å². The van der Waals surface area contributed by atoms with Gasteiger partial charge in [-0.3, -0.25) is 4.90 Å². The molecule has 2 amide bonds. The zero-order valence-electron chi connectivity index (χ0n) is 19.1. The first kappa shape index (κ1) is 25.6. The molecule has 0 unspecified atom stereocenters. The number of benzene rings is 2. The van der Waals surface area contributed by atoms with Gasteiger partial charge in [0.15, 0.2) is 5.75 Å². The fraction of sp³-hybridized carbons (Fsp3) is 0.458. The van der Waals surface area contributed by atoms with Gasteiger partial charge in [-0.15, -0.1) is 13.2 Å². The quantitative estimate of drug-likeness (QED) is 0.533. The van der Waals surface area contributed by atoms with E-state index in [4.69, 9.17) is 4.74 Å². The summed E-state index contributed by atoms with van der Waals surface area (Å²) in [6.45, 7) is 4.90. The molecule has 2 aromatic carbocycles. The monoisotopic (exact) mass is 556 g/mol. The highest BCUT2D eigenvalue weighted by molar-refractivity contribution is 9.10. The Kier molecular flexibility index (Phi) is 8.40. The smallest absolute Gasteiger partial charge is 0.489 e. The first-order chi connectivity index (χ1) is 16.8. The number of nitrogens with zero attached hydrogens (tertiary/aromatic N) is 2. The topological polar surface area (TPSA) is 66.1 Å². The number of hydrogen-bond acceptors (Lipinski definition) is 5. The number of urea groups is 1. The maximum atomic E-state index is 12.6. The van der Waals surface area contributed by atoms with E-state index in [9.17, 15) is 18.0 Å². The lowest BCUT2D eigenvalue weighted by atomic mass is 10.1. The third-order valence-electron chi connectivity index (χ3n) is 6.00. The van der Waals surface area contributed by atoms with Crippen molar-refractivity contribution in [2.24, 2.45) is 0 Å². The van der Waals surface area contributed by atoms with Crippen molar-refractivity contribution in [2.45, 2.75) is 31.9 Å². The molecule has 0 bridgehead atoms. The van der Waals surface area contributed by atoms with Gasteiger partial charge in [0.25, 0.3) is 0 Å². The van der Waals surface area contributed by atoms with E-state index in [1.54, 1.807) is 4.90 Å². The van der Waals surface area contributed by atoms with Crippen LogP contribution in [-0.2, 0) is 6.54 Å². The molecule has 11 heteroatoms. The molecule has 4 rings (SSSR count). The molecule has 35 heavy (non-hydrogen) atoms. The number of piperidine rings is 1. The van der Waals surface area contributed by atoms with Gasteiger partial charge >= 0.3 is 12.4 Å². The van der Waals surface area contributed by atoms with Gasteiger partial charge in [-0.2, -0.15) is 0 Å². The number of carbonyl (C=O) groups excluding carboxylic acids is 1. The number of rotatable bonds is 6. The Bertz CT molecular complexity index is 1010. The van der Waals surface area contributed by atoms with E-state index >= 15 is 0 Å². The Hall–Kier alpha value is -2.50. The highest BCUT2D eigenvalue weighted by Gasteiger charge is 2.32. The summed E-state index contributed by atoms with van der Waals surface area (Å²) in [4.78, 5) is 16.5. The standard InChI is InChI=1S/C24H28BrF3N4O3/c25-19-15-17(5-6-21(19)34-18-7-9-29-10-8-18)16-31-11-13-32(14-12-31)23(33)30-20-3-1-2-4-22(20)35-24(26,27)28/h1-6,15,18,29H,7-14,16H2,(H,30,33). The lowest BCUT2D eigenvalue weighted by Gasteiger charge is -2.35. The molecule has 2 aromatic rings. The average Bonchev–Trinajstić information content (AvgIpc) is 2.82. The maximum absolute atomic E-state index is 12.6. The number of anilines is 1. The first-order valence-corrected chi connectivity index (χ1v) is 12.3. The fourth-order valence-electron chi connectivity index (χ4n) is 4.18. The maximum Gasteiger partial charge on any atom is 0.573 e. The van der Waals surface area contributed by atoms with E-state index in [2.05, 4.69) is 48.3 Å². The molecule has 0 radical (unpaired) electrons. The van der Waals surface area contributed by atoms with Crippen molar-refractivity contribution >= 4 is 27.6 Å². The second kappa shape index (κ2) is 11.5. The van der Waals surface area contributed by atoms with Crippen LogP contribution in [0.3, 0.4) is 0 Å². The van der Waals surface area contributed by atoms with Crippen LogP contribution in [-0.4, -0.2) is 67.6 Å². The number of alkyl halides is 3. The van der Waals surface area contributed by atoms with Crippen LogP contribution >= 0.6 is 15.9 Å². The lowest BCUT2D eigenvalue weighted by molar-refractivity contribution is -0.274. The van der Waals surface area contributed by atoms with Crippen molar-refractivity contribution in [3.05, 3.63) is 52.5 Å². The van der Waals surface area contributed by atoms with Crippen LogP contribution in [0.4, 0.5) is 23.7 Å². The third-order valence-corrected chi connectivity index (χ3v) is 6.62. The molecule has 2 aliphatic rings. The van der Waals surface area contributed by atoms with E-state index in [1.807, 2.05) is 6.07 Å². The van der Waals surface area contributed by atoms with Crippen LogP contribution in [0, 0.1) is 0 Å². The normalized spacial score (nSPS) is 17.8. The van der Waals surface area contributed by atoms with Gasteiger partial charge in [0.05, 0.1) is 10.2 Å². The van der Waals surface area contributed by atoms with E-state index in [0.717, 1.165) is 48.3 Å².